The Morgan fingerprint density at radius 3 is 2.79 bits per heavy atom. The van der Waals surface area contributed by atoms with Gasteiger partial charge in [0.15, 0.2) is 0 Å². The second-order valence-corrected chi connectivity index (χ2v) is 6.93. The minimum atomic E-state index is 0.678. The molecule has 102 valence electrons. The van der Waals surface area contributed by atoms with Crippen LogP contribution < -0.4 is 5.32 Å². The summed E-state index contributed by atoms with van der Waals surface area (Å²) in [6.45, 7) is 2.59. The third-order valence-corrected chi connectivity index (χ3v) is 4.49. The number of methoxy groups -OCH3 is 1. The molecule has 0 saturated carbocycles. The minimum absolute atomic E-state index is 0.678. The van der Waals surface area contributed by atoms with Gasteiger partial charge in [-0.25, -0.2) is 0 Å². The Hall–Kier alpha value is -0.680. The van der Waals surface area contributed by atoms with Crippen LogP contribution in [0.5, 0.6) is 0 Å². The molecule has 19 heavy (non-hydrogen) atoms. The van der Waals surface area contributed by atoms with E-state index in [0.717, 1.165) is 19.5 Å². The molecular weight excluding hydrogens is 322 g/mol. The van der Waals surface area contributed by atoms with Crippen LogP contribution in [0.15, 0.2) is 40.2 Å². The fourth-order valence-corrected chi connectivity index (χ4v) is 3.41. The molecule has 1 aromatic heterocycles. The van der Waals surface area contributed by atoms with E-state index in [9.17, 15) is 0 Å². The summed E-state index contributed by atoms with van der Waals surface area (Å²) < 4.78 is 6.35. The third kappa shape index (κ3) is 5.07. The van der Waals surface area contributed by atoms with Gasteiger partial charge < -0.3 is 10.1 Å². The molecule has 2 aromatic rings. The second kappa shape index (κ2) is 7.80. The zero-order chi connectivity index (χ0) is 13.5. The normalized spacial score (nSPS) is 10.8. The molecule has 0 spiro atoms. The smallest absolute Gasteiger partial charge is 0.0713 e. The molecule has 0 atom stereocenters. The standard InChI is InChI=1S/C15H18BrNOS/c1-18-11-13-4-2-3-12(9-13)10-17-8-7-14-5-6-15(16)19-14/h2-6,9,17H,7-8,10-11H2,1H3. The number of benzene rings is 1. The molecule has 0 aliphatic rings. The Morgan fingerprint density at radius 1 is 1.21 bits per heavy atom. The maximum Gasteiger partial charge on any atom is 0.0713 e. The van der Waals surface area contributed by atoms with Crippen LogP contribution >= 0.6 is 27.3 Å². The first-order valence-electron chi connectivity index (χ1n) is 6.29. The Bertz CT molecular complexity index is 512. The molecule has 1 heterocycles. The van der Waals surface area contributed by atoms with Crippen LogP contribution in [-0.2, 0) is 24.3 Å². The molecule has 0 aliphatic heterocycles. The first-order chi connectivity index (χ1) is 9.28. The molecule has 0 aliphatic carbocycles. The maximum absolute atomic E-state index is 5.15. The average Bonchev–Trinajstić information content (AvgIpc) is 2.82. The minimum Gasteiger partial charge on any atom is -0.380 e. The summed E-state index contributed by atoms with van der Waals surface area (Å²) >= 11 is 5.29. The van der Waals surface area contributed by atoms with Crippen LogP contribution in [-0.4, -0.2) is 13.7 Å². The molecular formula is C15H18BrNOS. The zero-order valence-electron chi connectivity index (χ0n) is 11.0. The van der Waals surface area contributed by atoms with Gasteiger partial charge in [-0.1, -0.05) is 24.3 Å². The molecule has 0 unspecified atom stereocenters. The van der Waals surface area contributed by atoms with Gasteiger partial charge in [0.2, 0.25) is 0 Å². The van der Waals surface area contributed by atoms with E-state index in [0.29, 0.717) is 6.61 Å². The summed E-state index contributed by atoms with van der Waals surface area (Å²) in [6.07, 6.45) is 1.08. The van der Waals surface area contributed by atoms with E-state index in [1.807, 2.05) is 0 Å². The van der Waals surface area contributed by atoms with Crippen molar-refractivity contribution in [2.24, 2.45) is 0 Å². The quantitative estimate of drug-likeness (QED) is 0.770. The average molecular weight is 340 g/mol. The summed E-state index contributed by atoms with van der Waals surface area (Å²) in [6, 6.07) is 12.8. The highest BCUT2D eigenvalue weighted by Gasteiger charge is 1.99. The molecule has 1 N–H and O–H groups in total. The van der Waals surface area contributed by atoms with E-state index in [2.05, 4.69) is 57.6 Å². The molecule has 0 amide bonds. The Morgan fingerprint density at radius 2 is 2.05 bits per heavy atom. The zero-order valence-corrected chi connectivity index (χ0v) is 13.4. The number of hydrogen-bond donors (Lipinski definition) is 1. The lowest BCUT2D eigenvalue weighted by molar-refractivity contribution is 0.185. The molecule has 1 aromatic carbocycles. The van der Waals surface area contributed by atoms with E-state index >= 15 is 0 Å². The summed E-state index contributed by atoms with van der Waals surface area (Å²) in [5.74, 6) is 0. The molecule has 0 saturated heterocycles. The van der Waals surface area contributed by atoms with Gasteiger partial charge in [0, 0.05) is 25.1 Å². The predicted molar refractivity (Wildman–Crippen MR) is 84.6 cm³/mol. The molecule has 0 bridgehead atoms. The van der Waals surface area contributed by atoms with Crippen molar-refractivity contribution in [3.63, 3.8) is 0 Å². The van der Waals surface area contributed by atoms with Gasteiger partial charge in [0.1, 0.15) is 0 Å². The van der Waals surface area contributed by atoms with Gasteiger partial charge in [-0.2, -0.15) is 0 Å². The summed E-state index contributed by atoms with van der Waals surface area (Å²) in [4.78, 5) is 1.41. The van der Waals surface area contributed by atoms with E-state index in [-0.39, 0.29) is 0 Å². The van der Waals surface area contributed by atoms with Crippen molar-refractivity contribution in [2.75, 3.05) is 13.7 Å². The fourth-order valence-electron chi connectivity index (χ4n) is 1.93. The molecule has 4 heteroatoms. The van der Waals surface area contributed by atoms with Crippen molar-refractivity contribution in [2.45, 2.75) is 19.6 Å². The van der Waals surface area contributed by atoms with E-state index in [1.54, 1.807) is 18.4 Å². The van der Waals surface area contributed by atoms with Gasteiger partial charge in [0.25, 0.3) is 0 Å². The highest BCUT2D eigenvalue weighted by Crippen LogP contribution is 2.22. The highest BCUT2D eigenvalue weighted by molar-refractivity contribution is 9.11. The highest BCUT2D eigenvalue weighted by atomic mass is 79.9. The predicted octanol–water partition coefficient (Wildman–Crippen LogP) is 3.99. The number of hydrogen-bond acceptors (Lipinski definition) is 3. The first kappa shape index (κ1) is 14.7. The first-order valence-corrected chi connectivity index (χ1v) is 7.90. The second-order valence-electron chi connectivity index (χ2n) is 4.39. The van der Waals surface area contributed by atoms with Crippen LogP contribution in [0.2, 0.25) is 0 Å². The largest absolute Gasteiger partial charge is 0.380 e. The number of thiophene rings is 1. The number of ether oxygens (including phenoxy) is 1. The van der Waals surface area contributed by atoms with Crippen LogP contribution in [0.3, 0.4) is 0 Å². The monoisotopic (exact) mass is 339 g/mol. The Labute approximate surface area is 126 Å². The molecule has 0 radical (unpaired) electrons. The number of rotatable bonds is 7. The van der Waals surface area contributed by atoms with Crippen molar-refractivity contribution in [1.82, 2.24) is 5.32 Å². The van der Waals surface area contributed by atoms with Crippen molar-refractivity contribution in [3.05, 3.63) is 56.2 Å². The van der Waals surface area contributed by atoms with E-state index < -0.39 is 0 Å². The lowest BCUT2D eigenvalue weighted by Crippen LogP contribution is -2.16. The van der Waals surface area contributed by atoms with Crippen LogP contribution in [0.25, 0.3) is 0 Å². The van der Waals surface area contributed by atoms with Gasteiger partial charge in [-0.15, -0.1) is 11.3 Å². The van der Waals surface area contributed by atoms with Gasteiger partial charge in [-0.05, 0) is 45.6 Å². The lowest BCUT2D eigenvalue weighted by atomic mass is 10.1. The van der Waals surface area contributed by atoms with E-state index in [1.165, 1.54) is 19.8 Å². The topological polar surface area (TPSA) is 21.3 Å². The molecule has 2 nitrogen and oxygen atoms in total. The fraction of sp³-hybridized carbons (Fsp3) is 0.333. The van der Waals surface area contributed by atoms with E-state index in [4.69, 9.17) is 4.74 Å². The van der Waals surface area contributed by atoms with Gasteiger partial charge in [0.05, 0.1) is 10.4 Å². The SMILES string of the molecule is COCc1cccc(CNCCc2ccc(Br)s2)c1. The third-order valence-electron chi connectivity index (χ3n) is 2.81. The Balaban J connectivity index is 1.74. The number of nitrogens with one attached hydrogen (secondary N) is 1. The molecule has 2 rings (SSSR count). The lowest BCUT2D eigenvalue weighted by Gasteiger charge is -2.06. The summed E-state index contributed by atoms with van der Waals surface area (Å²) in [7, 11) is 1.73. The van der Waals surface area contributed by atoms with Crippen LogP contribution in [0, 0.1) is 0 Å². The van der Waals surface area contributed by atoms with Crippen molar-refractivity contribution in [1.29, 1.82) is 0 Å². The van der Waals surface area contributed by atoms with Gasteiger partial charge >= 0.3 is 0 Å². The van der Waals surface area contributed by atoms with Crippen LogP contribution in [0.4, 0.5) is 0 Å². The van der Waals surface area contributed by atoms with Crippen molar-refractivity contribution < 1.29 is 4.74 Å². The number of halogens is 1. The summed E-state index contributed by atoms with van der Waals surface area (Å²) in [5.41, 5.74) is 2.53. The summed E-state index contributed by atoms with van der Waals surface area (Å²) in [5, 5.41) is 3.48. The van der Waals surface area contributed by atoms with Crippen molar-refractivity contribution >= 4 is 27.3 Å². The van der Waals surface area contributed by atoms with Crippen LogP contribution in [0.1, 0.15) is 16.0 Å². The Kier molecular flexibility index (Phi) is 6.04. The van der Waals surface area contributed by atoms with Crippen molar-refractivity contribution in [3.8, 4) is 0 Å². The molecule has 0 fully saturated rings. The van der Waals surface area contributed by atoms with Gasteiger partial charge in [-0.3, -0.25) is 0 Å². The maximum atomic E-state index is 5.15.